The molecule has 0 saturated carbocycles. The topological polar surface area (TPSA) is 81.4 Å². The van der Waals surface area contributed by atoms with Crippen LogP contribution in [0, 0.1) is 6.92 Å². The second-order valence-electron chi connectivity index (χ2n) is 4.99. The number of benzene rings is 1. The van der Waals surface area contributed by atoms with Crippen LogP contribution in [0.25, 0.3) is 0 Å². The minimum absolute atomic E-state index is 0.265. The zero-order valence-corrected chi connectivity index (χ0v) is 11.0. The van der Waals surface area contributed by atoms with Gasteiger partial charge in [0.2, 0.25) is 0 Å². The number of carbonyl (C=O) groups excluding carboxylic acids is 2. The molecule has 0 fully saturated rings. The predicted molar refractivity (Wildman–Crippen MR) is 69.6 cm³/mol. The van der Waals surface area contributed by atoms with Crippen LogP contribution in [0.3, 0.4) is 0 Å². The van der Waals surface area contributed by atoms with E-state index in [1.807, 2.05) is 0 Å². The summed E-state index contributed by atoms with van der Waals surface area (Å²) in [6.07, 6.45) is -0.612. The van der Waals surface area contributed by atoms with Crippen LogP contribution in [0.15, 0.2) is 18.2 Å². The normalized spacial score (nSPS) is 10.9. The van der Waals surface area contributed by atoms with Gasteiger partial charge in [-0.2, -0.15) is 0 Å². The highest BCUT2D eigenvalue weighted by Crippen LogP contribution is 2.21. The van der Waals surface area contributed by atoms with E-state index < -0.39 is 17.6 Å². The van der Waals surface area contributed by atoms with Crippen LogP contribution in [0.2, 0.25) is 0 Å². The summed E-state index contributed by atoms with van der Waals surface area (Å²) in [5.41, 5.74) is 6.06. The average Bonchev–Trinajstić information content (AvgIpc) is 2.17. The van der Waals surface area contributed by atoms with Crippen LogP contribution in [0.1, 0.15) is 36.7 Å². The second kappa shape index (κ2) is 5.08. The number of primary amides is 1. The quantitative estimate of drug-likeness (QED) is 0.845. The number of nitrogens with one attached hydrogen (secondary N) is 1. The molecule has 0 spiro atoms. The van der Waals surface area contributed by atoms with Crippen molar-refractivity contribution < 1.29 is 14.3 Å². The molecule has 0 heterocycles. The molecule has 5 heteroatoms. The Morgan fingerprint density at radius 1 is 1.28 bits per heavy atom. The van der Waals surface area contributed by atoms with Crippen molar-refractivity contribution in [3.8, 4) is 0 Å². The molecule has 0 aliphatic rings. The third kappa shape index (κ3) is 3.76. The fourth-order valence-electron chi connectivity index (χ4n) is 1.44. The van der Waals surface area contributed by atoms with E-state index in [2.05, 4.69) is 5.32 Å². The molecule has 0 radical (unpaired) electrons. The Labute approximate surface area is 106 Å². The summed E-state index contributed by atoms with van der Waals surface area (Å²) in [4.78, 5) is 22.9. The van der Waals surface area contributed by atoms with Crippen LogP contribution in [0.5, 0.6) is 0 Å². The summed E-state index contributed by atoms with van der Waals surface area (Å²) in [5.74, 6) is -0.593. The van der Waals surface area contributed by atoms with Crippen LogP contribution >= 0.6 is 0 Å². The first-order valence-electron chi connectivity index (χ1n) is 5.60. The van der Waals surface area contributed by atoms with Crippen molar-refractivity contribution in [2.75, 3.05) is 5.32 Å². The lowest BCUT2D eigenvalue weighted by molar-refractivity contribution is 0.0636. The first kappa shape index (κ1) is 14.0. The number of ether oxygens (including phenoxy) is 1. The molecule has 3 N–H and O–H groups in total. The highest BCUT2D eigenvalue weighted by molar-refractivity contribution is 6.02. The Kier molecular flexibility index (Phi) is 3.96. The van der Waals surface area contributed by atoms with Gasteiger partial charge in [0.1, 0.15) is 5.60 Å². The zero-order valence-electron chi connectivity index (χ0n) is 11.0. The van der Waals surface area contributed by atoms with Gasteiger partial charge in [-0.15, -0.1) is 0 Å². The molecule has 1 aromatic carbocycles. The first-order valence-corrected chi connectivity index (χ1v) is 5.60. The molecule has 1 aromatic rings. The zero-order chi connectivity index (χ0) is 13.9. The van der Waals surface area contributed by atoms with Gasteiger partial charge < -0.3 is 10.5 Å². The van der Waals surface area contributed by atoms with Gasteiger partial charge in [0.15, 0.2) is 0 Å². The number of anilines is 1. The maximum Gasteiger partial charge on any atom is 0.412 e. The Balaban J connectivity index is 2.97. The van der Waals surface area contributed by atoms with Gasteiger partial charge >= 0.3 is 6.09 Å². The Morgan fingerprint density at radius 3 is 2.39 bits per heavy atom. The summed E-state index contributed by atoms with van der Waals surface area (Å²) < 4.78 is 5.13. The molecule has 0 saturated heterocycles. The Morgan fingerprint density at radius 2 is 1.89 bits per heavy atom. The van der Waals surface area contributed by atoms with Crippen LogP contribution in [-0.4, -0.2) is 17.6 Å². The summed E-state index contributed by atoms with van der Waals surface area (Å²) in [5, 5.41) is 2.55. The number of hydrogen-bond acceptors (Lipinski definition) is 3. The number of aryl methyl sites for hydroxylation is 1. The smallest absolute Gasteiger partial charge is 0.412 e. The van der Waals surface area contributed by atoms with Gasteiger partial charge in [-0.25, -0.2) is 4.79 Å². The summed E-state index contributed by atoms with van der Waals surface area (Å²) in [6, 6.07) is 5.04. The number of amides is 2. The highest BCUT2D eigenvalue weighted by atomic mass is 16.6. The molecule has 0 bridgehead atoms. The van der Waals surface area contributed by atoms with Gasteiger partial charge in [-0.05, 0) is 39.3 Å². The van der Waals surface area contributed by atoms with Crippen molar-refractivity contribution in [1.29, 1.82) is 0 Å². The lowest BCUT2D eigenvalue weighted by atomic mass is 10.1. The highest BCUT2D eigenvalue weighted by Gasteiger charge is 2.19. The minimum atomic E-state index is -0.612. The molecule has 5 nitrogen and oxygen atoms in total. The predicted octanol–water partition coefficient (Wildman–Crippen LogP) is 2.44. The number of rotatable bonds is 2. The number of hydrogen-bond donors (Lipinski definition) is 2. The maximum atomic E-state index is 11.7. The van der Waals surface area contributed by atoms with Crippen LogP contribution in [0.4, 0.5) is 10.5 Å². The fraction of sp³-hybridized carbons (Fsp3) is 0.385. The summed E-state index contributed by atoms with van der Waals surface area (Å²) >= 11 is 0. The lowest BCUT2D eigenvalue weighted by Gasteiger charge is -2.20. The molecule has 0 unspecified atom stereocenters. The van der Waals surface area contributed by atoms with E-state index in [0.717, 1.165) is 5.56 Å². The third-order valence-electron chi connectivity index (χ3n) is 2.16. The molecule has 1 rings (SSSR count). The molecule has 18 heavy (non-hydrogen) atoms. The van der Waals surface area contributed by atoms with Crippen LogP contribution < -0.4 is 11.1 Å². The van der Waals surface area contributed by atoms with Gasteiger partial charge in [0.25, 0.3) is 5.91 Å². The van der Waals surface area contributed by atoms with E-state index in [9.17, 15) is 9.59 Å². The second-order valence-corrected chi connectivity index (χ2v) is 4.99. The fourth-order valence-corrected chi connectivity index (χ4v) is 1.44. The largest absolute Gasteiger partial charge is 0.444 e. The molecule has 0 atom stereocenters. The third-order valence-corrected chi connectivity index (χ3v) is 2.16. The average molecular weight is 250 g/mol. The molecule has 0 aliphatic heterocycles. The van der Waals surface area contributed by atoms with E-state index in [-0.39, 0.29) is 5.56 Å². The van der Waals surface area contributed by atoms with E-state index in [0.29, 0.717) is 5.69 Å². The van der Waals surface area contributed by atoms with E-state index >= 15 is 0 Å². The number of carbonyl (C=O) groups is 2. The van der Waals surface area contributed by atoms with Crippen LogP contribution in [-0.2, 0) is 4.74 Å². The first-order chi connectivity index (χ1) is 8.20. The van der Waals surface area contributed by atoms with Gasteiger partial charge in [0.05, 0.1) is 11.3 Å². The molecule has 0 aromatic heterocycles. The van der Waals surface area contributed by atoms with Crippen molar-refractivity contribution >= 4 is 17.7 Å². The standard InChI is InChI=1S/C13H18N2O3/c1-8-6-5-7-9(11(14)16)10(8)15-12(17)18-13(2,3)4/h5-7H,1-4H3,(H2,14,16)(H,15,17). The minimum Gasteiger partial charge on any atom is -0.444 e. The molecular weight excluding hydrogens is 232 g/mol. The summed E-state index contributed by atoms with van der Waals surface area (Å²) in [6.45, 7) is 7.07. The van der Waals surface area contributed by atoms with Crippen molar-refractivity contribution in [1.82, 2.24) is 0 Å². The molecule has 98 valence electrons. The Bertz CT molecular complexity index is 476. The monoisotopic (exact) mass is 250 g/mol. The molecular formula is C13H18N2O3. The van der Waals surface area contributed by atoms with E-state index in [1.54, 1.807) is 45.9 Å². The molecule has 0 aliphatic carbocycles. The van der Waals surface area contributed by atoms with E-state index in [4.69, 9.17) is 10.5 Å². The van der Waals surface area contributed by atoms with Crippen molar-refractivity contribution in [3.05, 3.63) is 29.3 Å². The summed E-state index contributed by atoms with van der Waals surface area (Å²) in [7, 11) is 0. The SMILES string of the molecule is Cc1cccc(C(N)=O)c1NC(=O)OC(C)(C)C. The van der Waals surface area contributed by atoms with Crippen molar-refractivity contribution in [2.45, 2.75) is 33.3 Å². The maximum absolute atomic E-state index is 11.7. The number of para-hydroxylation sites is 1. The van der Waals surface area contributed by atoms with Gasteiger partial charge in [0, 0.05) is 0 Å². The molecule has 2 amide bonds. The lowest BCUT2D eigenvalue weighted by Crippen LogP contribution is -2.28. The van der Waals surface area contributed by atoms with Gasteiger partial charge in [-0.1, -0.05) is 12.1 Å². The number of nitrogens with two attached hydrogens (primary N) is 1. The van der Waals surface area contributed by atoms with Gasteiger partial charge in [-0.3, -0.25) is 10.1 Å². The van der Waals surface area contributed by atoms with Crippen molar-refractivity contribution in [3.63, 3.8) is 0 Å². The van der Waals surface area contributed by atoms with Crippen molar-refractivity contribution in [2.24, 2.45) is 5.73 Å². The Hall–Kier alpha value is -2.04. The van der Waals surface area contributed by atoms with E-state index in [1.165, 1.54) is 0 Å².